The molecular weight excluding hydrogens is 556 g/mol. The molecule has 1 atom stereocenters. The Kier molecular flexibility index (Phi) is 9.94. The monoisotopic (exact) mass is 596 g/mol. The van der Waals surface area contributed by atoms with E-state index in [-0.39, 0.29) is 23.5 Å². The highest BCUT2D eigenvalue weighted by Crippen LogP contribution is 2.33. The highest BCUT2D eigenvalue weighted by Gasteiger charge is 2.29. The molecule has 0 radical (unpaired) electrons. The van der Waals surface area contributed by atoms with Crippen molar-refractivity contribution in [2.75, 3.05) is 54.2 Å². The molecule has 11 heteroatoms. The third-order valence-corrected chi connectivity index (χ3v) is 7.99. The number of nitrogens with zero attached hydrogens (tertiary/aromatic N) is 5. The van der Waals surface area contributed by atoms with Crippen molar-refractivity contribution in [1.82, 2.24) is 14.9 Å². The summed E-state index contributed by atoms with van der Waals surface area (Å²) in [5, 5.41) is 19.1. The number of rotatable bonds is 11. The fourth-order valence-corrected chi connectivity index (χ4v) is 5.59. The standard InChI is InChI=1S/C33H40N8O3/c1-5-31(42)36-29-18-25(41-15-12-24(13-16-41)40(4)26-14-17-43-21-26)10-11-27(29)38-33-35-20-23(19-34)32(39-33)37-28-8-6-7-9-30(28)44-22(2)3/h5-11,18,20,22,24,26H,1,12-17,21H2,2-4H3,(H,36,42)(H2,35,37,38,39). The lowest BCUT2D eigenvalue weighted by atomic mass is 10.0. The van der Waals surface area contributed by atoms with E-state index in [4.69, 9.17) is 9.47 Å². The zero-order chi connectivity index (χ0) is 31.1. The first kappa shape index (κ1) is 30.8. The Bertz CT molecular complexity index is 1510. The van der Waals surface area contributed by atoms with Gasteiger partial charge in [0.1, 0.15) is 17.4 Å². The minimum Gasteiger partial charge on any atom is -0.489 e. The van der Waals surface area contributed by atoms with E-state index in [9.17, 15) is 10.1 Å². The van der Waals surface area contributed by atoms with E-state index in [2.05, 4.69) is 55.4 Å². The summed E-state index contributed by atoms with van der Waals surface area (Å²) in [6.07, 6.45) is 5.88. The van der Waals surface area contributed by atoms with Crippen molar-refractivity contribution in [2.45, 2.75) is 51.3 Å². The van der Waals surface area contributed by atoms with E-state index in [1.165, 1.54) is 12.3 Å². The average molecular weight is 597 g/mol. The molecule has 5 rings (SSSR count). The fourth-order valence-electron chi connectivity index (χ4n) is 5.59. The van der Waals surface area contributed by atoms with Crippen molar-refractivity contribution < 1.29 is 14.3 Å². The second-order valence-electron chi connectivity index (χ2n) is 11.3. The van der Waals surface area contributed by atoms with Gasteiger partial charge in [0.2, 0.25) is 11.9 Å². The first-order valence-electron chi connectivity index (χ1n) is 15.0. The molecule has 0 saturated carbocycles. The molecule has 2 saturated heterocycles. The molecule has 2 fully saturated rings. The van der Waals surface area contributed by atoms with Crippen LogP contribution in [0.15, 0.2) is 61.3 Å². The summed E-state index contributed by atoms with van der Waals surface area (Å²) >= 11 is 0. The van der Waals surface area contributed by atoms with Gasteiger partial charge in [0.25, 0.3) is 0 Å². The number of aromatic nitrogens is 2. The lowest BCUT2D eigenvalue weighted by Gasteiger charge is -2.40. The Morgan fingerprint density at radius 1 is 1.14 bits per heavy atom. The Morgan fingerprint density at radius 3 is 2.64 bits per heavy atom. The number of para-hydroxylation sites is 2. The van der Waals surface area contributed by atoms with Crippen LogP contribution >= 0.6 is 0 Å². The Hall–Kier alpha value is -4.66. The van der Waals surface area contributed by atoms with E-state index in [1.807, 2.05) is 56.3 Å². The SMILES string of the molecule is C=CC(=O)Nc1cc(N2CCC(N(C)C3CCOC3)CC2)ccc1Nc1ncc(C#N)c(Nc2ccccc2OC(C)C)n1. The smallest absolute Gasteiger partial charge is 0.247 e. The first-order valence-corrected chi connectivity index (χ1v) is 15.0. The molecule has 2 aromatic carbocycles. The summed E-state index contributed by atoms with van der Waals surface area (Å²) in [7, 11) is 2.22. The lowest BCUT2D eigenvalue weighted by molar-refractivity contribution is -0.111. The van der Waals surface area contributed by atoms with Gasteiger partial charge in [-0.1, -0.05) is 18.7 Å². The van der Waals surface area contributed by atoms with E-state index < -0.39 is 0 Å². The molecule has 3 aromatic rings. The number of nitriles is 1. The zero-order valence-corrected chi connectivity index (χ0v) is 25.5. The van der Waals surface area contributed by atoms with Gasteiger partial charge in [-0.15, -0.1) is 0 Å². The van der Waals surface area contributed by atoms with Gasteiger partial charge in [-0.25, -0.2) is 4.98 Å². The molecule has 0 aliphatic carbocycles. The summed E-state index contributed by atoms with van der Waals surface area (Å²) in [4.78, 5) is 26.2. The molecule has 1 aromatic heterocycles. The number of anilines is 6. The fraction of sp³-hybridized carbons (Fsp3) is 0.394. The van der Waals surface area contributed by atoms with Crippen LogP contribution in [0, 0.1) is 11.3 Å². The van der Waals surface area contributed by atoms with Crippen LogP contribution in [-0.2, 0) is 9.53 Å². The van der Waals surface area contributed by atoms with Gasteiger partial charge in [0.15, 0.2) is 5.82 Å². The van der Waals surface area contributed by atoms with Gasteiger partial charge in [0, 0.05) is 37.5 Å². The first-order chi connectivity index (χ1) is 21.3. The van der Waals surface area contributed by atoms with Crippen molar-refractivity contribution in [3.63, 3.8) is 0 Å². The van der Waals surface area contributed by atoms with Gasteiger partial charge in [0.05, 0.1) is 36.0 Å². The van der Waals surface area contributed by atoms with Crippen molar-refractivity contribution >= 4 is 40.4 Å². The Labute approximate surface area is 258 Å². The van der Waals surface area contributed by atoms with E-state index in [0.717, 1.165) is 51.3 Å². The zero-order valence-electron chi connectivity index (χ0n) is 25.5. The second-order valence-corrected chi connectivity index (χ2v) is 11.3. The van der Waals surface area contributed by atoms with Crippen LogP contribution in [0.4, 0.5) is 34.5 Å². The van der Waals surface area contributed by atoms with Gasteiger partial charge >= 0.3 is 0 Å². The number of amides is 1. The predicted molar refractivity (Wildman–Crippen MR) is 173 cm³/mol. The maximum atomic E-state index is 12.4. The van der Waals surface area contributed by atoms with Gasteiger partial charge < -0.3 is 30.3 Å². The summed E-state index contributed by atoms with van der Waals surface area (Å²) in [6, 6.07) is 16.5. The highest BCUT2D eigenvalue weighted by atomic mass is 16.5. The number of carbonyl (C=O) groups excluding carboxylic acids is 1. The maximum absolute atomic E-state index is 12.4. The lowest BCUT2D eigenvalue weighted by Crippen LogP contribution is -2.47. The highest BCUT2D eigenvalue weighted by molar-refractivity contribution is 6.02. The van der Waals surface area contributed by atoms with E-state index in [0.29, 0.717) is 40.7 Å². The molecule has 0 bridgehead atoms. The molecule has 3 N–H and O–H groups in total. The van der Waals surface area contributed by atoms with Crippen LogP contribution in [0.2, 0.25) is 0 Å². The summed E-state index contributed by atoms with van der Waals surface area (Å²) in [5.41, 5.74) is 3.16. The molecule has 3 heterocycles. The molecule has 1 amide bonds. The Balaban J connectivity index is 1.34. The van der Waals surface area contributed by atoms with Crippen molar-refractivity contribution in [3.8, 4) is 11.8 Å². The van der Waals surface area contributed by atoms with Crippen molar-refractivity contribution in [3.05, 3.63) is 66.9 Å². The number of hydrogen-bond acceptors (Lipinski definition) is 10. The largest absolute Gasteiger partial charge is 0.489 e. The van der Waals surface area contributed by atoms with Crippen molar-refractivity contribution in [2.24, 2.45) is 0 Å². The van der Waals surface area contributed by atoms with E-state index >= 15 is 0 Å². The summed E-state index contributed by atoms with van der Waals surface area (Å²) < 4.78 is 11.5. The average Bonchev–Trinajstić information content (AvgIpc) is 3.58. The number of benzene rings is 2. The predicted octanol–water partition coefficient (Wildman–Crippen LogP) is 5.44. The molecule has 2 aliphatic heterocycles. The maximum Gasteiger partial charge on any atom is 0.247 e. The summed E-state index contributed by atoms with van der Waals surface area (Å²) in [6.45, 7) is 11.0. The van der Waals surface area contributed by atoms with Crippen LogP contribution in [0.1, 0.15) is 38.7 Å². The molecule has 1 unspecified atom stereocenters. The Morgan fingerprint density at radius 2 is 1.93 bits per heavy atom. The molecule has 0 spiro atoms. The molecule has 2 aliphatic rings. The number of nitrogens with one attached hydrogen (secondary N) is 3. The van der Waals surface area contributed by atoms with Crippen LogP contribution in [-0.4, -0.2) is 72.3 Å². The normalized spacial score (nSPS) is 16.9. The third kappa shape index (κ3) is 7.45. The van der Waals surface area contributed by atoms with Crippen LogP contribution in [0.5, 0.6) is 5.75 Å². The van der Waals surface area contributed by atoms with Crippen LogP contribution in [0.3, 0.4) is 0 Å². The van der Waals surface area contributed by atoms with Gasteiger partial charge in [-0.2, -0.15) is 10.2 Å². The molecule has 44 heavy (non-hydrogen) atoms. The van der Waals surface area contributed by atoms with E-state index in [1.54, 1.807) is 0 Å². The molecule has 230 valence electrons. The number of piperidine rings is 1. The van der Waals surface area contributed by atoms with Crippen molar-refractivity contribution in [1.29, 1.82) is 5.26 Å². The number of hydrogen-bond donors (Lipinski definition) is 3. The van der Waals surface area contributed by atoms with Crippen LogP contribution in [0.25, 0.3) is 0 Å². The number of carbonyl (C=O) groups is 1. The number of likely N-dealkylation sites (N-methyl/N-ethyl adjacent to an activating group) is 1. The minimum atomic E-state index is -0.325. The topological polar surface area (TPSA) is 128 Å². The third-order valence-electron chi connectivity index (χ3n) is 7.99. The van der Waals surface area contributed by atoms with Crippen LogP contribution < -0.4 is 25.6 Å². The quantitative estimate of drug-likeness (QED) is 0.246. The minimum absolute atomic E-state index is 0.0251. The molecular formula is C33H40N8O3. The molecule has 11 nitrogen and oxygen atoms in total. The van der Waals surface area contributed by atoms with Gasteiger partial charge in [-0.05, 0) is 76.6 Å². The summed E-state index contributed by atoms with van der Waals surface area (Å²) in [5.74, 6) is 0.910. The second kappa shape index (κ2) is 14.2. The number of ether oxygens (including phenoxy) is 2. The van der Waals surface area contributed by atoms with Gasteiger partial charge in [-0.3, -0.25) is 9.69 Å².